The molecule has 0 spiro atoms. The van der Waals surface area contributed by atoms with E-state index in [9.17, 15) is 4.79 Å². The first-order valence-electron chi connectivity index (χ1n) is 10.4. The summed E-state index contributed by atoms with van der Waals surface area (Å²) in [7, 11) is 0. The number of nitrogens with zero attached hydrogens (tertiary/aromatic N) is 3. The lowest BCUT2D eigenvalue weighted by atomic mass is 10.1. The number of nitrogens with one attached hydrogen (secondary N) is 1. The van der Waals surface area contributed by atoms with Crippen LogP contribution in [0, 0.1) is 0 Å². The molecule has 6 heteroatoms. The first kappa shape index (κ1) is 21.2. The van der Waals surface area contributed by atoms with Gasteiger partial charge < -0.3 is 11.1 Å². The van der Waals surface area contributed by atoms with Gasteiger partial charge in [0.1, 0.15) is 0 Å². The number of benzene rings is 2. The molecule has 160 valence electrons. The van der Waals surface area contributed by atoms with E-state index in [-0.39, 0.29) is 5.91 Å². The van der Waals surface area contributed by atoms with Gasteiger partial charge in [-0.2, -0.15) is 0 Å². The lowest BCUT2D eigenvalue weighted by Gasteiger charge is -2.22. The number of anilines is 2. The van der Waals surface area contributed by atoms with E-state index in [1.807, 2.05) is 60.9 Å². The van der Waals surface area contributed by atoms with Gasteiger partial charge >= 0.3 is 0 Å². The molecule has 0 saturated heterocycles. The van der Waals surface area contributed by atoms with Gasteiger partial charge in [0, 0.05) is 50.0 Å². The summed E-state index contributed by atoms with van der Waals surface area (Å²) in [5.74, 6) is -0.183. The van der Waals surface area contributed by atoms with Crippen LogP contribution in [0.25, 0.3) is 0 Å². The zero-order valence-corrected chi connectivity index (χ0v) is 17.7. The topological polar surface area (TPSA) is 84.1 Å². The monoisotopic (exact) mass is 423 g/mol. The number of carbonyl (C=O) groups excluding carboxylic acids is 1. The quantitative estimate of drug-likeness (QED) is 0.407. The van der Waals surface area contributed by atoms with Gasteiger partial charge in [-0.15, -0.1) is 0 Å². The molecule has 0 aliphatic rings. The minimum Gasteiger partial charge on any atom is -0.397 e. The lowest BCUT2D eigenvalue weighted by Crippen LogP contribution is -2.22. The molecule has 32 heavy (non-hydrogen) atoms. The maximum absolute atomic E-state index is 12.6. The van der Waals surface area contributed by atoms with Crippen LogP contribution in [0.4, 0.5) is 11.4 Å². The maximum Gasteiger partial charge on any atom is 0.255 e. The summed E-state index contributed by atoms with van der Waals surface area (Å²) in [5, 5.41) is 2.86. The number of carbonyl (C=O) groups is 1. The molecule has 2 aromatic carbocycles. The van der Waals surface area contributed by atoms with Crippen molar-refractivity contribution < 1.29 is 4.79 Å². The second-order valence-electron chi connectivity index (χ2n) is 7.61. The van der Waals surface area contributed by atoms with E-state index in [1.165, 1.54) is 0 Å². The van der Waals surface area contributed by atoms with Crippen molar-refractivity contribution in [3.63, 3.8) is 0 Å². The third-order valence-corrected chi connectivity index (χ3v) is 5.09. The predicted octanol–water partition coefficient (Wildman–Crippen LogP) is 4.51. The van der Waals surface area contributed by atoms with E-state index in [0.29, 0.717) is 16.9 Å². The van der Waals surface area contributed by atoms with Gasteiger partial charge in [-0.3, -0.25) is 19.7 Å². The fourth-order valence-corrected chi connectivity index (χ4v) is 3.49. The van der Waals surface area contributed by atoms with E-state index in [0.717, 1.165) is 36.3 Å². The van der Waals surface area contributed by atoms with Gasteiger partial charge in [0.15, 0.2) is 0 Å². The van der Waals surface area contributed by atoms with Gasteiger partial charge in [-0.25, -0.2) is 0 Å². The highest BCUT2D eigenvalue weighted by atomic mass is 16.1. The van der Waals surface area contributed by atoms with Crippen LogP contribution in [0.3, 0.4) is 0 Å². The number of hydrogen-bond acceptors (Lipinski definition) is 5. The smallest absolute Gasteiger partial charge is 0.255 e. The SMILES string of the molecule is Nc1ccccc1NC(=O)c1ccc(CN(Cc2cccnc2)Cc2cccnc2)cc1. The summed E-state index contributed by atoms with van der Waals surface area (Å²) >= 11 is 0. The average molecular weight is 424 g/mol. The van der Waals surface area contributed by atoms with E-state index < -0.39 is 0 Å². The van der Waals surface area contributed by atoms with Gasteiger partial charge in [0.05, 0.1) is 11.4 Å². The van der Waals surface area contributed by atoms with Crippen molar-refractivity contribution in [2.24, 2.45) is 0 Å². The Hall–Kier alpha value is -4.03. The average Bonchev–Trinajstić information content (AvgIpc) is 2.82. The van der Waals surface area contributed by atoms with Gasteiger partial charge in [-0.05, 0) is 53.1 Å². The third kappa shape index (κ3) is 5.77. The number of pyridine rings is 2. The fraction of sp³-hybridized carbons (Fsp3) is 0.115. The lowest BCUT2D eigenvalue weighted by molar-refractivity contribution is 0.102. The van der Waals surface area contributed by atoms with E-state index in [2.05, 4.69) is 32.3 Å². The number of aromatic nitrogens is 2. The van der Waals surface area contributed by atoms with Gasteiger partial charge in [0.25, 0.3) is 5.91 Å². The Bertz CT molecular complexity index is 1110. The Kier molecular flexibility index (Phi) is 6.84. The molecule has 2 heterocycles. The number of nitrogen functional groups attached to an aromatic ring is 1. The predicted molar refractivity (Wildman–Crippen MR) is 127 cm³/mol. The summed E-state index contributed by atoms with van der Waals surface area (Å²) in [6.45, 7) is 2.26. The number of para-hydroxylation sites is 2. The van der Waals surface area contributed by atoms with Crippen molar-refractivity contribution in [3.05, 3.63) is 120 Å². The zero-order chi connectivity index (χ0) is 22.2. The van der Waals surface area contributed by atoms with Gasteiger partial charge in [0.2, 0.25) is 0 Å². The summed E-state index contributed by atoms with van der Waals surface area (Å²) in [6.07, 6.45) is 7.33. The molecule has 0 aliphatic carbocycles. The molecular weight excluding hydrogens is 398 g/mol. The number of amides is 1. The second kappa shape index (κ2) is 10.3. The van der Waals surface area contributed by atoms with E-state index in [1.54, 1.807) is 24.5 Å². The summed E-state index contributed by atoms with van der Waals surface area (Å²) in [4.78, 5) is 23.4. The summed E-state index contributed by atoms with van der Waals surface area (Å²) in [6, 6.07) is 22.9. The number of nitrogens with two attached hydrogens (primary N) is 1. The van der Waals surface area contributed by atoms with Crippen molar-refractivity contribution in [3.8, 4) is 0 Å². The van der Waals surface area contributed by atoms with Gasteiger partial charge in [-0.1, -0.05) is 36.4 Å². The normalized spacial score (nSPS) is 10.8. The molecule has 1 amide bonds. The van der Waals surface area contributed by atoms with Crippen LogP contribution in [-0.2, 0) is 19.6 Å². The molecule has 2 aromatic heterocycles. The Morgan fingerprint density at radius 3 is 1.91 bits per heavy atom. The molecule has 0 bridgehead atoms. The van der Waals surface area contributed by atoms with Crippen LogP contribution in [0.1, 0.15) is 27.0 Å². The molecule has 6 nitrogen and oxygen atoms in total. The van der Waals surface area contributed by atoms with E-state index >= 15 is 0 Å². The Morgan fingerprint density at radius 2 is 1.34 bits per heavy atom. The number of rotatable bonds is 8. The van der Waals surface area contributed by atoms with Crippen molar-refractivity contribution in [2.45, 2.75) is 19.6 Å². The first-order chi connectivity index (χ1) is 15.7. The standard InChI is InChI=1S/C26H25N5O/c27-24-7-1-2-8-25(24)30-26(32)23-11-9-20(10-12-23)17-31(18-21-5-3-13-28-15-21)19-22-6-4-14-29-16-22/h1-16H,17-19,27H2,(H,30,32). The largest absolute Gasteiger partial charge is 0.397 e. The van der Waals surface area contributed by atoms with E-state index in [4.69, 9.17) is 5.73 Å². The van der Waals surface area contributed by atoms with Crippen molar-refractivity contribution >= 4 is 17.3 Å². The molecule has 3 N–H and O–H groups in total. The van der Waals surface area contributed by atoms with Crippen LogP contribution in [0.5, 0.6) is 0 Å². The van der Waals surface area contributed by atoms with Crippen molar-refractivity contribution in [1.29, 1.82) is 0 Å². The Labute approximate surface area is 187 Å². The van der Waals surface area contributed by atoms with Crippen LogP contribution in [0.2, 0.25) is 0 Å². The van der Waals surface area contributed by atoms with Crippen molar-refractivity contribution in [1.82, 2.24) is 14.9 Å². The maximum atomic E-state index is 12.6. The highest BCUT2D eigenvalue weighted by Gasteiger charge is 2.11. The molecular formula is C26H25N5O. The molecule has 0 fully saturated rings. The first-order valence-corrected chi connectivity index (χ1v) is 10.4. The Morgan fingerprint density at radius 1 is 0.750 bits per heavy atom. The number of hydrogen-bond donors (Lipinski definition) is 2. The van der Waals surface area contributed by atoms with Crippen LogP contribution in [-0.4, -0.2) is 20.8 Å². The second-order valence-corrected chi connectivity index (χ2v) is 7.61. The highest BCUT2D eigenvalue weighted by molar-refractivity contribution is 6.05. The van der Waals surface area contributed by atoms with Crippen LogP contribution >= 0.6 is 0 Å². The fourth-order valence-electron chi connectivity index (χ4n) is 3.49. The summed E-state index contributed by atoms with van der Waals surface area (Å²) < 4.78 is 0. The highest BCUT2D eigenvalue weighted by Crippen LogP contribution is 2.19. The zero-order valence-electron chi connectivity index (χ0n) is 17.7. The minimum atomic E-state index is -0.183. The third-order valence-electron chi connectivity index (χ3n) is 5.09. The summed E-state index contributed by atoms with van der Waals surface area (Å²) in [5.41, 5.74) is 11.1. The molecule has 0 radical (unpaired) electrons. The Balaban J connectivity index is 1.45. The molecule has 0 atom stereocenters. The van der Waals surface area contributed by atoms with Crippen LogP contribution in [0.15, 0.2) is 97.6 Å². The molecule has 0 unspecified atom stereocenters. The molecule has 4 rings (SSSR count). The van der Waals surface area contributed by atoms with Crippen molar-refractivity contribution in [2.75, 3.05) is 11.1 Å². The minimum absolute atomic E-state index is 0.183. The van der Waals surface area contributed by atoms with Crippen LogP contribution < -0.4 is 11.1 Å². The molecule has 4 aromatic rings. The molecule has 0 aliphatic heterocycles. The molecule has 0 saturated carbocycles.